The minimum Gasteiger partial charge on any atom is -0.298 e. The number of fused-ring (bicyclic) bond motifs is 1. The SMILES string of the molecule is Cc1ccc(C(=O)Nc2nc3ccc(Cl)cc3s2)cc1F. The molecule has 0 radical (unpaired) electrons. The van der Waals surface area contributed by atoms with E-state index in [0.717, 1.165) is 10.2 Å². The minimum atomic E-state index is -0.404. The maximum Gasteiger partial charge on any atom is 0.257 e. The molecule has 106 valence electrons. The second kappa shape index (κ2) is 5.42. The summed E-state index contributed by atoms with van der Waals surface area (Å²) in [4.78, 5) is 16.4. The lowest BCUT2D eigenvalue weighted by Crippen LogP contribution is -2.12. The first-order valence-electron chi connectivity index (χ1n) is 6.16. The number of aryl methyl sites for hydroxylation is 1. The van der Waals surface area contributed by atoms with Gasteiger partial charge >= 0.3 is 0 Å². The summed E-state index contributed by atoms with van der Waals surface area (Å²) in [6.45, 7) is 1.65. The molecule has 0 bridgehead atoms. The fourth-order valence-electron chi connectivity index (χ4n) is 1.86. The summed E-state index contributed by atoms with van der Waals surface area (Å²) >= 11 is 7.23. The predicted molar refractivity (Wildman–Crippen MR) is 83.7 cm³/mol. The lowest BCUT2D eigenvalue weighted by Gasteiger charge is -2.03. The maximum atomic E-state index is 13.5. The Morgan fingerprint density at radius 1 is 1.29 bits per heavy atom. The van der Waals surface area contributed by atoms with Gasteiger partial charge in [0.05, 0.1) is 10.2 Å². The quantitative estimate of drug-likeness (QED) is 0.746. The van der Waals surface area contributed by atoms with Crippen molar-refractivity contribution in [2.45, 2.75) is 6.92 Å². The van der Waals surface area contributed by atoms with Crippen LogP contribution in [0.25, 0.3) is 10.2 Å². The molecule has 0 aliphatic heterocycles. The van der Waals surface area contributed by atoms with Crippen molar-refractivity contribution >= 4 is 44.2 Å². The average molecular weight is 321 g/mol. The molecule has 0 fully saturated rings. The Labute approximate surface area is 129 Å². The van der Waals surface area contributed by atoms with E-state index in [0.29, 0.717) is 15.7 Å². The number of hydrogen-bond acceptors (Lipinski definition) is 3. The van der Waals surface area contributed by atoms with E-state index in [2.05, 4.69) is 10.3 Å². The van der Waals surface area contributed by atoms with Crippen LogP contribution in [0, 0.1) is 12.7 Å². The Hall–Kier alpha value is -1.98. The van der Waals surface area contributed by atoms with Crippen molar-refractivity contribution in [1.82, 2.24) is 4.98 Å². The monoisotopic (exact) mass is 320 g/mol. The number of benzene rings is 2. The molecule has 6 heteroatoms. The van der Waals surface area contributed by atoms with Gasteiger partial charge < -0.3 is 0 Å². The van der Waals surface area contributed by atoms with Gasteiger partial charge in [0.25, 0.3) is 5.91 Å². The first-order chi connectivity index (χ1) is 10.0. The van der Waals surface area contributed by atoms with Crippen LogP contribution in [-0.4, -0.2) is 10.9 Å². The molecule has 0 saturated heterocycles. The molecule has 0 saturated carbocycles. The molecule has 3 rings (SSSR count). The van der Waals surface area contributed by atoms with Crippen LogP contribution in [0.3, 0.4) is 0 Å². The summed E-state index contributed by atoms with van der Waals surface area (Å²) < 4.78 is 14.4. The second-order valence-corrected chi connectivity index (χ2v) is 6.02. The van der Waals surface area contributed by atoms with Crippen molar-refractivity contribution in [1.29, 1.82) is 0 Å². The molecule has 0 aliphatic carbocycles. The van der Waals surface area contributed by atoms with E-state index in [1.807, 2.05) is 0 Å². The summed E-state index contributed by atoms with van der Waals surface area (Å²) in [7, 11) is 0. The van der Waals surface area contributed by atoms with Crippen LogP contribution in [-0.2, 0) is 0 Å². The Morgan fingerprint density at radius 3 is 2.86 bits per heavy atom. The summed E-state index contributed by atoms with van der Waals surface area (Å²) in [5.41, 5.74) is 1.52. The highest BCUT2D eigenvalue weighted by molar-refractivity contribution is 7.22. The van der Waals surface area contributed by atoms with Crippen LogP contribution >= 0.6 is 22.9 Å². The van der Waals surface area contributed by atoms with Crippen LogP contribution in [0.2, 0.25) is 5.02 Å². The van der Waals surface area contributed by atoms with Gasteiger partial charge in [-0.15, -0.1) is 0 Å². The van der Waals surface area contributed by atoms with Gasteiger partial charge in [0.2, 0.25) is 0 Å². The molecule has 3 nitrogen and oxygen atoms in total. The van der Waals surface area contributed by atoms with Gasteiger partial charge in [-0.3, -0.25) is 10.1 Å². The van der Waals surface area contributed by atoms with Gasteiger partial charge in [0, 0.05) is 10.6 Å². The number of carbonyl (C=O) groups excluding carboxylic acids is 1. The third-order valence-electron chi connectivity index (χ3n) is 3.00. The molecular formula is C15H10ClFN2OS. The van der Waals surface area contributed by atoms with Crippen LogP contribution < -0.4 is 5.32 Å². The van der Waals surface area contributed by atoms with Crippen molar-refractivity contribution in [3.63, 3.8) is 0 Å². The summed E-state index contributed by atoms with van der Waals surface area (Å²) in [6, 6.07) is 9.69. The molecule has 0 atom stereocenters. The largest absolute Gasteiger partial charge is 0.298 e. The normalized spacial score (nSPS) is 10.8. The number of amides is 1. The third kappa shape index (κ3) is 2.89. The van der Waals surface area contributed by atoms with Crippen molar-refractivity contribution in [2.24, 2.45) is 0 Å². The van der Waals surface area contributed by atoms with Crippen molar-refractivity contribution in [2.75, 3.05) is 5.32 Å². The summed E-state index contributed by atoms with van der Waals surface area (Å²) in [5, 5.41) is 3.74. The van der Waals surface area contributed by atoms with Crippen molar-refractivity contribution in [3.8, 4) is 0 Å². The smallest absolute Gasteiger partial charge is 0.257 e. The Balaban J connectivity index is 1.87. The molecule has 1 N–H and O–H groups in total. The first kappa shape index (κ1) is 14.0. The van der Waals surface area contributed by atoms with Gasteiger partial charge in [-0.1, -0.05) is 29.0 Å². The fourth-order valence-corrected chi connectivity index (χ4v) is 2.99. The molecule has 1 aromatic heterocycles. The summed E-state index contributed by atoms with van der Waals surface area (Å²) in [6.07, 6.45) is 0. The molecule has 21 heavy (non-hydrogen) atoms. The number of rotatable bonds is 2. The van der Waals surface area contributed by atoms with Gasteiger partial charge in [0.15, 0.2) is 5.13 Å². The number of nitrogens with one attached hydrogen (secondary N) is 1. The highest BCUT2D eigenvalue weighted by atomic mass is 35.5. The topological polar surface area (TPSA) is 42.0 Å². The molecule has 0 aliphatic rings. The van der Waals surface area contributed by atoms with Crippen molar-refractivity contribution in [3.05, 3.63) is 58.4 Å². The number of hydrogen-bond donors (Lipinski definition) is 1. The van der Waals surface area contributed by atoms with Crippen LogP contribution in [0.1, 0.15) is 15.9 Å². The third-order valence-corrected chi connectivity index (χ3v) is 4.17. The van der Waals surface area contributed by atoms with Gasteiger partial charge in [-0.05, 0) is 42.8 Å². The lowest BCUT2D eigenvalue weighted by molar-refractivity contribution is 0.102. The lowest BCUT2D eigenvalue weighted by atomic mass is 10.1. The number of anilines is 1. The Kier molecular flexibility index (Phi) is 3.61. The zero-order chi connectivity index (χ0) is 15.0. The molecule has 3 aromatic rings. The molecule has 1 amide bonds. The minimum absolute atomic E-state index is 0.260. The molecule has 0 unspecified atom stereocenters. The van der Waals surface area contributed by atoms with E-state index in [4.69, 9.17) is 11.6 Å². The van der Waals surface area contributed by atoms with Gasteiger partial charge in [-0.25, -0.2) is 9.37 Å². The number of nitrogens with zero attached hydrogens (tertiary/aromatic N) is 1. The Morgan fingerprint density at radius 2 is 2.10 bits per heavy atom. The molecule has 0 spiro atoms. The molecular weight excluding hydrogens is 311 g/mol. The van der Waals surface area contributed by atoms with Gasteiger partial charge in [-0.2, -0.15) is 0 Å². The second-order valence-electron chi connectivity index (χ2n) is 4.55. The Bertz CT molecular complexity index is 847. The maximum absolute atomic E-state index is 13.5. The molecule has 1 heterocycles. The zero-order valence-electron chi connectivity index (χ0n) is 11.0. The summed E-state index contributed by atoms with van der Waals surface area (Å²) in [5.74, 6) is -0.794. The predicted octanol–water partition coefficient (Wildman–Crippen LogP) is 4.65. The van der Waals surface area contributed by atoms with E-state index in [9.17, 15) is 9.18 Å². The highest BCUT2D eigenvalue weighted by Gasteiger charge is 2.11. The van der Waals surface area contributed by atoms with Crippen LogP contribution in [0.4, 0.5) is 9.52 Å². The highest BCUT2D eigenvalue weighted by Crippen LogP contribution is 2.28. The molecule has 2 aromatic carbocycles. The van der Waals surface area contributed by atoms with Crippen molar-refractivity contribution < 1.29 is 9.18 Å². The van der Waals surface area contributed by atoms with Crippen LogP contribution in [0.15, 0.2) is 36.4 Å². The van der Waals surface area contributed by atoms with E-state index in [1.165, 1.54) is 17.4 Å². The number of aromatic nitrogens is 1. The van der Waals surface area contributed by atoms with E-state index in [1.54, 1.807) is 37.3 Å². The van der Waals surface area contributed by atoms with Gasteiger partial charge in [0.1, 0.15) is 5.82 Å². The number of thiazole rings is 1. The fraction of sp³-hybridized carbons (Fsp3) is 0.0667. The standard InChI is InChI=1S/C15H10ClFN2OS/c1-8-2-3-9(6-11(8)17)14(20)19-15-18-12-5-4-10(16)7-13(12)21-15/h2-7H,1H3,(H,18,19,20). The number of halogens is 2. The van der Waals surface area contributed by atoms with E-state index in [-0.39, 0.29) is 11.5 Å². The van der Waals surface area contributed by atoms with E-state index >= 15 is 0 Å². The number of carbonyl (C=O) groups is 1. The van der Waals surface area contributed by atoms with E-state index < -0.39 is 5.82 Å². The average Bonchev–Trinajstić information content (AvgIpc) is 2.83. The van der Waals surface area contributed by atoms with Crippen LogP contribution in [0.5, 0.6) is 0 Å². The first-order valence-corrected chi connectivity index (χ1v) is 7.36. The zero-order valence-corrected chi connectivity index (χ0v) is 12.6.